The topological polar surface area (TPSA) is 40.6 Å². The molecule has 3 aromatic rings. The molecule has 166 valence electrons. The maximum atomic E-state index is 14.6. The number of thiophene rings is 1. The van der Waals surface area contributed by atoms with Gasteiger partial charge in [0.05, 0.1) is 24.6 Å². The van der Waals surface area contributed by atoms with Crippen LogP contribution in [0.4, 0.5) is 14.5 Å². The van der Waals surface area contributed by atoms with Crippen LogP contribution >= 0.6 is 11.3 Å². The van der Waals surface area contributed by atoms with Gasteiger partial charge in [0, 0.05) is 24.0 Å². The molecule has 1 aromatic heterocycles. The standard InChI is InChI=1S/C25H24F2N2O2S/c26-20-10-11-23(22(27)15-20)29(17-21-9-5-13-32-21)25(31)19-8-4-12-28(16-19)24(30)14-18-6-2-1-3-7-18/h1-3,5-7,9-11,13,15,19H,4,8,12,14,16-17H2. The first kappa shape index (κ1) is 22.1. The first-order valence-electron chi connectivity index (χ1n) is 10.6. The lowest BCUT2D eigenvalue weighted by Crippen LogP contribution is -2.47. The number of halogens is 2. The van der Waals surface area contributed by atoms with Gasteiger partial charge in [-0.05, 0) is 42.0 Å². The number of likely N-dealkylation sites (tertiary alicyclic amines) is 1. The van der Waals surface area contributed by atoms with Gasteiger partial charge in [-0.25, -0.2) is 8.78 Å². The lowest BCUT2D eigenvalue weighted by molar-refractivity contribution is -0.134. The van der Waals surface area contributed by atoms with Gasteiger partial charge in [0.1, 0.15) is 11.6 Å². The van der Waals surface area contributed by atoms with E-state index < -0.39 is 17.6 Å². The summed E-state index contributed by atoms with van der Waals surface area (Å²) in [5.74, 6) is -2.17. The number of piperidine rings is 1. The fourth-order valence-corrected chi connectivity index (χ4v) is 4.74. The van der Waals surface area contributed by atoms with Crippen LogP contribution < -0.4 is 4.90 Å². The van der Waals surface area contributed by atoms with Crippen molar-refractivity contribution in [3.8, 4) is 0 Å². The number of hydrogen-bond acceptors (Lipinski definition) is 3. The molecule has 4 nitrogen and oxygen atoms in total. The maximum Gasteiger partial charge on any atom is 0.232 e. The van der Waals surface area contributed by atoms with E-state index in [-0.39, 0.29) is 30.5 Å². The number of nitrogens with zero attached hydrogens (tertiary/aromatic N) is 2. The first-order valence-corrected chi connectivity index (χ1v) is 11.5. The molecule has 4 rings (SSSR count). The summed E-state index contributed by atoms with van der Waals surface area (Å²) in [6.07, 6.45) is 1.61. The summed E-state index contributed by atoms with van der Waals surface area (Å²) in [5, 5.41) is 1.89. The fourth-order valence-electron chi connectivity index (χ4n) is 4.05. The molecule has 32 heavy (non-hydrogen) atoms. The third kappa shape index (κ3) is 5.22. The van der Waals surface area contributed by atoms with Crippen molar-refractivity contribution in [2.75, 3.05) is 18.0 Å². The van der Waals surface area contributed by atoms with Crippen LogP contribution in [-0.4, -0.2) is 29.8 Å². The molecule has 1 fully saturated rings. The molecule has 0 saturated carbocycles. The molecule has 7 heteroatoms. The molecule has 2 amide bonds. The Kier molecular flexibility index (Phi) is 6.95. The number of rotatable bonds is 6. The van der Waals surface area contributed by atoms with Gasteiger partial charge in [0.15, 0.2) is 0 Å². The van der Waals surface area contributed by atoms with Gasteiger partial charge >= 0.3 is 0 Å². The second-order valence-electron chi connectivity index (χ2n) is 7.94. The van der Waals surface area contributed by atoms with Crippen molar-refractivity contribution < 1.29 is 18.4 Å². The van der Waals surface area contributed by atoms with Crippen LogP contribution in [-0.2, 0) is 22.6 Å². The molecule has 0 spiro atoms. The predicted octanol–water partition coefficient (Wildman–Crippen LogP) is 5.04. The van der Waals surface area contributed by atoms with Crippen LogP contribution in [0.25, 0.3) is 0 Å². The molecule has 0 N–H and O–H groups in total. The third-order valence-electron chi connectivity index (χ3n) is 5.68. The molecule has 1 aliphatic heterocycles. The number of hydrogen-bond donors (Lipinski definition) is 0. The zero-order chi connectivity index (χ0) is 22.5. The van der Waals surface area contributed by atoms with E-state index in [1.165, 1.54) is 22.3 Å². The third-order valence-corrected chi connectivity index (χ3v) is 6.54. The molecule has 1 saturated heterocycles. The number of amides is 2. The van der Waals surface area contributed by atoms with Gasteiger partial charge in [0.25, 0.3) is 0 Å². The Morgan fingerprint density at radius 2 is 1.88 bits per heavy atom. The molecule has 2 aromatic carbocycles. The van der Waals surface area contributed by atoms with Crippen molar-refractivity contribution in [2.24, 2.45) is 5.92 Å². The minimum absolute atomic E-state index is 0.0218. The smallest absolute Gasteiger partial charge is 0.232 e. The fraction of sp³-hybridized carbons (Fsp3) is 0.280. The molecule has 0 aliphatic carbocycles. The summed E-state index contributed by atoms with van der Waals surface area (Å²) in [4.78, 5) is 30.4. The lowest BCUT2D eigenvalue weighted by atomic mass is 9.95. The predicted molar refractivity (Wildman–Crippen MR) is 121 cm³/mol. The Morgan fingerprint density at radius 3 is 2.59 bits per heavy atom. The van der Waals surface area contributed by atoms with Crippen LogP contribution in [0, 0.1) is 17.6 Å². The highest BCUT2D eigenvalue weighted by Gasteiger charge is 2.33. The van der Waals surface area contributed by atoms with E-state index in [1.54, 1.807) is 4.90 Å². The summed E-state index contributed by atoms with van der Waals surface area (Å²) in [6.45, 7) is 1.10. The number of carbonyl (C=O) groups excluding carboxylic acids is 2. The van der Waals surface area contributed by atoms with Crippen molar-refractivity contribution in [2.45, 2.75) is 25.8 Å². The highest BCUT2D eigenvalue weighted by molar-refractivity contribution is 7.09. The summed E-state index contributed by atoms with van der Waals surface area (Å²) in [7, 11) is 0. The zero-order valence-electron chi connectivity index (χ0n) is 17.5. The van der Waals surface area contributed by atoms with Gasteiger partial charge in [-0.1, -0.05) is 36.4 Å². The van der Waals surface area contributed by atoms with E-state index in [1.807, 2.05) is 47.8 Å². The number of anilines is 1. The Morgan fingerprint density at radius 1 is 1.06 bits per heavy atom. The van der Waals surface area contributed by atoms with E-state index in [0.29, 0.717) is 25.9 Å². The summed E-state index contributed by atoms with van der Waals surface area (Å²) >= 11 is 1.47. The Bertz CT molecular complexity index is 1070. The molecule has 2 heterocycles. The van der Waals surface area contributed by atoms with Crippen LogP contribution in [0.1, 0.15) is 23.3 Å². The lowest BCUT2D eigenvalue weighted by Gasteiger charge is -2.35. The second kappa shape index (κ2) is 10.0. The van der Waals surface area contributed by atoms with E-state index in [2.05, 4.69) is 0 Å². The average Bonchev–Trinajstić information content (AvgIpc) is 3.31. The van der Waals surface area contributed by atoms with Crippen LogP contribution in [0.15, 0.2) is 66.0 Å². The first-order chi connectivity index (χ1) is 15.5. The summed E-state index contributed by atoms with van der Waals surface area (Å²) in [6, 6.07) is 16.5. The summed E-state index contributed by atoms with van der Waals surface area (Å²) < 4.78 is 28.1. The highest BCUT2D eigenvalue weighted by Crippen LogP contribution is 2.28. The molecule has 1 unspecified atom stereocenters. The largest absolute Gasteiger partial charge is 0.342 e. The molecular weight excluding hydrogens is 430 g/mol. The minimum atomic E-state index is -0.775. The normalized spacial score (nSPS) is 16.1. The van der Waals surface area contributed by atoms with E-state index >= 15 is 0 Å². The van der Waals surface area contributed by atoms with Gasteiger partial charge in [-0.3, -0.25) is 9.59 Å². The zero-order valence-corrected chi connectivity index (χ0v) is 18.4. The molecule has 1 aliphatic rings. The van der Waals surface area contributed by atoms with E-state index in [9.17, 15) is 18.4 Å². The minimum Gasteiger partial charge on any atom is -0.342 e. The van der Waals surface area contributed by atoms with Gasteiger partial charge in [-0.2, -0.15) is 0 Å². The maximum absolute atomic E-state index is 14.6. The average molecular weight is 455 g/mol. The number of carbonyl (C=O) groups is 2. The van der Waals surface area contributed by atoms with Gasteiger partial charge < -0.3 is 9.80 Å². The van der Waals surface area contributed by atoms with Crippen molar-refractivity contribution in [3.05, 3.63) is 88.1 Å². The molecular formula is C25H24F2N2O2S. The van der Waals surface area contributed by atoms with Crippen molar-refractivity contribution in [3.63, 3.8) is 0 Å². The van der Waals surface area contributed by atoms with Crippen molar-refractivity contribution >= 4 is 28.8 Å². The van der Waals surface area contributed by atoms with Gasteiger partial charge in [0.2, 0.25) is 11.8 Å². The van der Waals surface area contributed by atoms with Crippen LogP contribution in [0.2, 0.25) is 0 Å². The highest BCUT2D eigenvalue weighted by atomic mass is 32.1. The van der Waals surface area contributed by atoms with Crippen molar-refractivity contribution in [1.82, 2.24) is 4.90 Å². The second-order valence-corrected chi connectivity index (χ2v) is 8.97. The van der Waals surface area contributed by atoms with E-state index in [0.717, 1.165) is 22.6 Å². The van der Waals surface area contributed by atoms with E-state index in [4.69, 9.17) is 0 Å². The number of benzene rings is 2. The quantitative estimate of drug-likeness (QED) is 0.524. The van der Waals surface area contributed by atoms with Crippen molar-refractivity contribution in [1.29, 1.82) is 0 Å². The molecule has 1 atom stereocenters. The SMILES string of the molecule is O=C(Cc1ccccc1)N1CCCC(C(=O)N(Cc2cccs2)c2ccc(F)cc2F)C1. The Balaban J connectivity index is 1.52. The summed E-state index contributed by atoms with van der Waals surface area (Å²) in [5.41, 5.74) is 0.983. The Labute approximate surface area is 190 Å². The van der Waals surface area contributed by atoms with Gasteiger partial charge in [-0.15, -0.1) is 11.3 Å². The Hall–Kier alpha value is -3.06. The van der Waals surface area contributed by atoms with Crippen LogP contribution in [0.5, 0.6) is 0 Å². The molecule has 0 radical (unpaired) electrons. The molecule has 0 bridgehead atoms. The monoisotopic (exact) mass is 454 g/mol. The van der Waals surface area contributed by atoms with Crippen LogP contribution in [0.3, 0.4) is 0 Å².